The number of ether oxygens (including phenoxy) is 1. The van der Waals surface area contributed by atoms with Crippen LogP contribution in [0.2, 0.25) is 0 Å². The number of para-hydroxylation sites is 1. The van der Waals surface area contributed by atoms with Crippen LogP contribution in [0.1, 0.15) is 16.7 Å². The van der Waals surface area contributed by atoms with E-state index < -0.39 is 0 Å². The summed E-state index contributed by atoms with van der Waals surface area (Å²) in [4.78, 5) is 0. The summed E-state index contributed by atoms with van der Waals surface area (Å²) in [6, 6.07) is 14.2. The summed E-state index contributed by atoms with van der Waals surface area (Å²) < 4.78 is 6.81. The first-order valence-electron chi connectivity index (χ1n) is 5.72. The SMILES string of the molecule is Cc1cccc(COc2c(Br)cccc2CCl)c1. The standard InChI is InChI=1S/C15H14BrClO/c1-11-4-2-5-12(8-11)10-18-15-13(9-17)6-3-7-14(15)16/h2-8H,9-10H2,1H3. The van der Waals surface area contributed by atoms with Crippen LogP contribution in [0, 0.1) is 6.92 Å². The van der Waals surface area contributed by atoms with Gasteiger partial charge in [-0.15, -0.1) is 11.6 Å². The van der Waals surface area contributed by atoms with Crippen molar-refractivity contribution >= 4 is 27.5 Å². The van der Waals surface area contributed by atoms with Crippen LogP contribution in [0.4, 0.5) is 0 Å². The highest BCUT2D eigenvalue weighted by atomic mass is 79.9. The highest BCUT2D eigenvalue weighted by molar-refractivity contribution is 9.10. The molecule has 0 N–H and O–H groups in total. The van der Waals surface area contributed by atoms with Crippen LogP contribution in [0.3, 0.4) is 0 Å². The van der Waals surface area contributed by atoms with E-state index in [2.05, 4.69) is 41.1 Å². The van der Waals surface area contributed by atoms with Gasteiger partial charge in [-0.3, -0.25) is 0 Å². The maximum atomic E-state index is 5.91. The molecule has 0 atom stereocenters. The van der Waals surface area contributed by atoms with E-state index >= 15 is 0 Å². The van der Waals surface area contributed by atoms with E-state index in [0.717, 1.165) is 21.3 Å². The molecule has 0 unspecified atom stereocenters. The molecule has 0 saturated carbocycles. The Morgan fingerprint density at radius 3 is 2.67 bits per heavy atom. The van der Waals surface area contributed by atoms with E-state index in [1.807, 2.05) is 24.3 Å². The Labute approximate surface area is 121 Å². The van der Waals surface area contributed by atoms with Crippen molar-refractivity contribution in [3.8, 4) is 5.75 Å². The Bertz CT molecular complexity index is 540. The first-order valence-corrected chi connectivity index (χ1v) is 7.05. The van der Waals surface area contributed by atoms with Crippen LogP contribution in [0.25, 0.3) is 0 Å². The van der Waals surface area contributed by atoms with Crippen LogP contribution < -0.4 is 4.74 Å². The molecule has 0 bridgehead atoms. The lowest BCUT2D eigenvalue weighted by Gasteiger charge is -2.12. The van der Waals surface area contributed by atoms with E-state index in [-0.39, 0.29) is 0 Å². The largest absolute Gasteiger partial charge is 0.487 e. The molecular weight excluding hydrogens is 312 g/mol. The highest BCUT2D eigenvalue weighted by Gasteiger charge is 2.07. The van der Waals surface area contributed by atoms with Gasteiger partial charge in [0.25, 0.3) is 0 Å². The fraction of sp³-hybridized carbons (Fsp3) is 0.200. The van der Waals surface area contributed by atoms with Crippen molar-refractivity contribution in [2.45, 2.75) is 19.4 Å². The average Bonchev–Trinajstić information content (AvgIpc) is 2.37. The van der Waals surface area contributed by atoms with Gasteiger partial charge in [0.15, 0.2) is 0 Å². The molecule has 0 amide bonds. The van der Waals surface area contributed by atoms with Gasteiger partial charge in [-0.2, -0.15) is 0 Å². The van der Waals surface area contributed by atoms with Gasteiger partial charge in [-0.1, -0.05) is 42.0 Å². The number of hydrogen-bond acceptors (Lipinski definition) is 1. The van der Waals surface area contributed by atoms with E-state index in [1.165, 1.54) is 5.56 Å². The minimum atomic E-state index is 0.447. The molecule has 18 heavy (non-hydrogen) atoms. The summed E-state index contributed by atoms with van der Waals surface area (Å²) in [6.07, 6.45) is 0. The zero-order valence-electron chi connectivity index (χ0n) is 10.1. The van der Waals surface area contributed by atoms with Gasteiger partial charge >= 0.3 is 0 Å². The topological polar surface area (TPSA) is 9.23 Å². The molecule has 0 aromatic heterocycles. The molecule has 1 nitrogen and oxygen atoms in total. The van der Waals surface area contributed by atoms with E-state index in [0.29, 0.717) is 12.5 Å². The van der Waals surface area contributed by atoms with E-state index in [9.17, 15) is 0 Å². The highest BCUT2D eigenvalue weighted by Crippen LogP contribution is 2.30. The zero-order valence-corrected chi connectivity index (χ0v) is 12.5. The van der Waals surface area contributed by atoms with Gasteiger partial charge in [0.2, 0.25) is 0 Å². The van der Waals surface area contributed by atoms with Crippen molar-refractivity contribution in [3.05, 3.63) is 63.6 Å². The van der Waals surface area contributed by atoms with Gasteiger partial charge in [-0.05, 0) is 34.5 Å². The first-order chi connectivity index (χ1) is 8.70. The minimum Gasteiger partial charge on any atom is -0.487 e. The van der Waals surface area contributed by atoms with Crippen LogP contribution in [0.15, 0.2) is 46.9 Å². The van der Waals surface area contributed by atoms with Gasteiger partial charge in [0.1, 0.15) is 12.4 Å². The summed E-state index contributed by atoms with van der Waals surface area (Å²) in [5.74, 6) is 1.27. The van der Waals surface area contributed by atoms with Crippen molar-refractivity contribution in [1.29, 1.82) is 0 Å². The quantitative estimate of drug-likeness (QED) is 0.713. The summed E-state index contributed by atoms with van der Waals surface area (Å²) in [7, 11) is 0. The fourth-order valence-corrected chi connectivity index (χ4v) is 2.51. The summed E-state index contributed by atoms with van der Waals surface area (Å²) in [5, 5.41) is 0. The third-order valence-electron chi connectivity index (χ3n) is 2.66. The molecule has 2 aromatic rings. The zero-order chi connectivity index (χ0) is 13.0. The molecule has 3 heteroatoms. The third-order valence-corrected chi connectivity index (χ3v) is 3.57. The Balaban J connectivity index is 2.15. The normalized spacial score (nSPS) is 10.4. The Morgan fingerprint density at radius 2 is 1.94 bits per heavy atom. The summed E-state index contributed by atoms with van der Waals surface area (Å²) in [5.41, 5.74) is 3.39. The van der Waals surface area contributed by atoms with Gasteiger partial charge in [-0.25, -0.2) is 0 Å². The van der Waals surface area contributed by atoms with Crippen molar-refractivity contribution in [3.63, 3.8) is 0 Å². The predicted octanol–water partition coefficient (Wildman–Crippen LogP) is 5.08. The van der Waals surface area contributed by atoms with Crippen LogP contribution >= 0.6 is 27.5 Å². The number of rotatable bonds is 4. The smallest absolute Gasteiger partial charge is 0.138 e. The van der Waals surface area contributed by atoms with E-state index in [1.54, 1.807) is 0 Å². The molecule has 0 spiro atoms. The van der Waals surface area contributed by atoms with Gasteiger partial charge < -0.3 is 4.74 Å². The Hall–Kier alpha value is -0.990. The molecular formula is C15H14BrClO. The predicted molar refractivity (Wildman–Crippen MR) is 79.2 cm³/mol. The second-order valence-corrected chi connectivity index (χ2v) is 5.26. The second-order valence-electron chi connectivity index (χ2n) is 4.14. The summed E-state index contributed by atoms with van der Waals surface area (Å²) in [6.45, 7) is 2.63. The molecule has 0 saturated heterocycles. The van der Waals surface area contributed by atoms with E-state index in [4.69, 9.17) is 16.3 Å². The molecule has 0 fully saturated rings. The van der Waals surface area contributed by atoms with Crippen LogP contribution in [-0.4, -0.2) is 0 Å². The number of hydrogen-bond donors (Lipinski definition) is 0. The van der Waals surface area contributed by atoms with Crippen LogP contribution in [-0.2, 0) is 12.5 Å². The number of benzene rings is 2. The number of alkyl halides is 1. The molecule has 0 aliphatic rings. The Kier molecular flexibility index (Phi) is 4.67. The van der Waals surface area contributed by atoms with Gasteiger partial charge in [0, 0.05) is 5.56 Å². The lowest BCUT2D eigenvalue weighted by atomic mass is 10.1. The average molecular weight is 326 g/mol. The number of halogens is 2. The molecule has 0 heterocycles. The minimum absolute atomic E-state index is 0.447. The fourth-order valence-electron chi connectivity index (χ4n) is 1.78. The summed E-state index contributed by atoms with van der Waals surface area (Å²) >= 11 is 9.40. The molecule has 0 aliphatic carbocycles. The van der Waals surface area contributed by atoms with Crippen LogP contribution in [0.5, 0.6) is 5.75 Å². The molecule has 0 radical (unpaired) electrons. The maximum absolute atomic E-state index is 5.91. The first kappa shape index (κ1) is 13.4. The molecule has 0 aliphatic heterocycles. The van der Waals surface area contributed by atoms with Crippen molar-refractivity contribution < 1.29 is 4.74 Å². The van der Waals surface area contributed by atoms with Crippen molar-refractivity contribution in [2.24, 2.45) is 0 Å². The maximum Gasteiger partial charge on any atom is 0.138 e. The third kappa shape index (κ3) is 3.27. The second kappa shape index (κ2) is 6.26. The molecule has 2 aromatic carbocycles. The van der Waals surface area contributed by atoms with Crippen molar-refractivity contribution in [2.75, 3.05) is 0 Å². The monoisotopic (exact) mass is 324 g/mol. The lowest BCUT2D eigenvalue weighted by molar-refractivity contribution is 0.302. The lowest BCUT2D eigenvalue weighted by Crippen LogP contribution is -1.99. The number of aryl methyl sites for hydroxylation is 1. The Morgan fingerprint density at radius 1 is 1.17 bits per heavy atom. The molecule has 2 rings (SSSR count). The van der Waals surface area contributed by atoms with Crippen molar-refractivity contribution in [1.82, 2.24) is 0 Å². The van der Waals surface area contributed by atoms with Gasteiger partial charge in [0.05, 0.1) is 10.4 Å². The molecule has 94 valence electrons.